The highest BCUT2D eigenvalue weighted by molar-refractivity contribution is 5.44. The second-order valence-corrected chi connectivity index (χ2v) is 5.33. The molecule has 0 bridgehead atoms. The largest absolute Gasteiger partial charge is 0.306 e. The van der Waals surface area contributed by atoms with Crippen LogP contribution in [0.5, 0.6) is 0 Å². The highest BCUT2D eigenvalue weighted by atomic mass is 16.6. The van der Waals surface area contributed by atoms with Crippen LogP contribution in [0.25, 0.3) is 0 Å². The maximum Gasteiger partial charge on any atom is 0.272 e. The van der Waals surface area contributed by atoms with Crippen LogP contribution in [0.4, 0.5) is 5.69 Å². The van der Waals surface area contributed by atoms with Gasteiger partial charge in [-0.2, -0.15) is 0 Å². The minimum Gasteiger partial charge on any atom is -0.306 e. The van der Waals surface area contributed by atoms with Crippen LogP contribution in [-0.2, 0) is 6.54 Å². The molecule has 0 saturated carbocycles. The number of hydrogen-bond acceptors (Lipinski definition) is 3. The first-order chi connectivity index (χ1) is 9.99. The third kappa shape index (κ3) is 3.67. The number of nitro benzene ring substituents is 1. The summed E-state index contributed by atoms with van der Waals surface area (Å²) in [6, 6.07) is 13.8. The number of nitro groups is 1. The van der Waals surface area contributed by atoms with Crippen LogP contribution in [0, 0.1) is 24.0 Å². The molecule has 4 heteroatoms. The smallest absolute Gasteiger partial charge is 0.272 e. The fourth-order valence-corrected chi connectivity index (χ4v) is 2.30. The number of benzene rings is 2. The number of hydrogen-bond donors (Lipinski definition) is 1. The minimum absolute atomic E-state index is 0.178. The molecule has 0 spiro atoms. The lowest BCUT2D eigenvalue weighted by Gasteiger charge is -2.15. The van der Waals surface area contributed by atoms with Crippen LogP contribution >= 0.6 is 0 Å². The number of aryl methyl sites for hydroxylation is 1. The Hall–Kier alpha value is -2.20. The van der Waals surface area contributed by atoms with E-state index in [1.54, 1.807) is 19.1 Å². The maximum absolute atomic E-state index is 11.0. The lowest BCUT2D eigenvalue weighted by Crippen LogP contribution is -2.18. The van der Waals surface area contributed by atoms with Crippen LogP contribution in [0.2, 0.25) is 0 Å². The van der Waals surface area contributed by atoms with E-state index in [9.17, 15) is 10.1 Å². The van der Waals surface area contributed by atoms with Gasteiger partial charge in [-0.05, 0) is 31.9 Å². The van der Waals surface area contributed by atoms with E-state index in [1.807, 2.05) is 6.07 Å². The fraction of sp³-hybridized carbons (Fsp3) is 0.294. The van der Waals surface area contributed by atoms with Gasteiger partial charge in [0.05, 0.1) is 4.92 Å². The van der Waals surface area contributed by atoms with Gasteiger partial charge in [-0.25, -0.2) is 0 Å². The molecule has 2 aromatic rings. The summed E-state index contributed by atoms with van der Waals surface area (Å²) in [5, 5.41) is 14.4. The molecule has 0 aromatic heterocycles. The van der Waals surface area contributed by atoms with Crippen molar-refractivity contribution >= 4 is 5.69 Å². The topological polar surface area (TPSA) is 55.2 Å². The summed E-state index contributed by atoms with van der Waals surface area (Å²) in [6.07, 6.45) is 0. The van der Waals surface area contributed by atoms with Crippen molar-refractivity contribution in [3.8, 4) is 0 Å². The zero-order chi connectivity index (χ0) is 15.4. The van der Waals surface area contributed by atoms with E-state index >= 15 is 0 Å². The van der Waals surface area contributed by atoms with Crippen LogP contribution in [-0.4, -0.2) is 4.92 Å². The van der Waals surface area contributed by atoms with Gasteiger partial charge in [0, 0.05) is 24.2 Å². The highest BCUT2D eigenvalue weighted by Gasteiger charge is 2.13. The quantitative estimate of drug-likeness (QED) is 0.665. The average Bonchev–Trinajstić information content (AvgIpc) is 2.46. The maximum atomic E-state index is 11.0. The fourth-order valence-electron chi connectivity index (χ4n) is 2.30. The van der Waals surface area contributed by atoms with Crippen molar-refractivity contribution in [3.05, 3.63) is 74.8 Å². The second-order valence-electron chi connectivity index (χ2n) is 5.33. The molecule has 2 aromatic carbocycles. The number of nitrogens with one attached hydrogen (secondary N) is 1. The Bertz CT molecular complexity index is 636. The molecule has 0 aliphatic rings. The van der Waals surface area contributed by atoms with Crippen molar-refractivity contribution < 1.29 is 4.92 Å². The summed E-state index contributed by atoms with van der Waals surface area (Å²) in [5.41, 5.74) is 4.32. The Morgan fingerprint density at radius 1 is 1.14 bits per heavy atom. The van der Waals surface area contributed by atoms with E-state index < -0.39 is 0 Å². The molecule has 0 aliphatic carbocycles. The molecule has 0 radical (unpaired) electrons. The summed E-state index contributed by atoms with van der Waals surface area (Å²) in [7, 11) is 0. The van der Waals surface area contributed by atoms with Gasteiger partial charge >= 0.3 is 0 Å². The highest BCUT2D eigenvalue weighted by Crippen LogP contribution is 2.22. The van der Waals surface area contributed by atoms with Crippen molar-refractivity contribution in [1.82, 2.24) is 5.32 Å². The van der Waals surface area contributed by atoms with E-state index in [0.29, 0.717) is 6.54 Å². The minimum atomic E-state index is -0.331. The van der Waals surface area contributed by atoms with Crippen LogP contribution in [0.15, 0.2) is 42.5 Å². The van der Waals surface area contributed by atoms with Crippen molar-refractivity contribution in [2.24, 2.45) is 0 Å². The van der Waals surface area contributed by atoms with Crippen LogP contribution < -0.4 is 5.32 Å². The van der Waals surface area contributed by atoms with Gasteiger partial charge in [0.15, 0.2) is 0 Å². The van der Waals surface area contributed by atoms with Crippen LogP contribution in [0.1, 0.15) is 35.2 Å². The third-order valence-corrected chi connectivity index (χ3v) is 3.79. The first kappa shape index (κ1) is 15.2. The number of rotatable bonds is 5. The van der Waals surface area contributed by atoms with E-state index in [4.69, 9.17) is 0 Å². The van der Waals surface area contributed by atoms with Gasteiger partial charge in [-0.1, -0.05) is 42.0 Å². The third-order valence-electron chi connectivity index (χ3n) is 3.79. The van der Waals surface area contributed by atoms with Crippen molar-refractivity contribution in [3.63, 3.8) is 0 Å². The normalized spacial score (nSPS) is 12.1. The molecule has 0 unspecified atom stereocenters. The molecule has 0 aliphatic heterocycles. The summed E-state index contributed by atoms with van der Waals surface area (Å²) in [5.74, 6) is 0. The lowest BCUT2D eigenvalue weighted by atomic mass is 10.0. The molecule has 4 nitrogen and oxygen atoms in total. The SMILES string of the molecule is Cc1ccc([C@@H](C)NCc2cccc([N+](=O)[O-])c2C)cc1. The second kappa shape index (κ2) is 6.50. The zero-order valence-corrected chi connectivity index (χ0v) is 12.6. The molecule has 0 heterocycles. The predicted molar refractivity (Wildman–Crippen MR) is 84.3 cm³/mol. The Morgan fingerprint density at radius 2 is 1.81 bits per heavy atom. The molecule has 0 fully saturated rings. The van der Waals surface area contributed by atoms with Crippen molar-refractivity contribution in [1.29, 1.82) is 0 Å². The molecular formula is C17H20N2O2. The molecule has 0 saturated heterocycles. The lowest BCUT2D eigenvalue weighted by molar-refractivity contribution is -0.385. The molecule has 2 rings (SSSR count). The molecular weight excluding hydrogens is 264 g/mol. The van der Waals surface area contributed by atoms with E-state index in [2.05, 4.69) is 43.4 Å². The Morgan fingerprint density at radius 3 is 2.43 bits per heavy atom. The van der Waals surface area contributed by atoms with E-state index in [1.165, 1.54) is 11.1 Å². The molecule has 1 N–H and O–H groups in total. The monoisotopic (exact) mass is 284 g/mol. The number of nitrogens with zero attached hydrogens (tertiary/aromatic N) is 1. The van der Waals surface area contributed by atoms with Gasteiger partial charge in [0.2, 0.25) is 0 Å². The Balaban J connectivity index is 2.08. The van der Waals surface area contributed by atoms with Gasteiger partial charge < -0.3 is 5.32 Å². The average molecular weight is 284 g/mol. The van der Waals surface area contributed by atoms with Gasteiger partial charge in [-0.15, -0.1) is 0 Å². The predicted octanol–water partition coefficient (Wildman–Crippen LogP) is 4.06. The zero-order valence-electron chi connectivity index (χ0n) is 12.6. The van der Waals surface area contributed by atoms with E-state index in [0.717, 1.165) is 11.1 Å². The van der Waals surface area contributed by atoms with Gasteiger partial charge in [0.25, 0.3) is 5.69 Å². The molecule has 0 amide bonds. The van der Waals surface area contributed by atoms with Crippen LogP contribution in [0.3, 0.4) is 0 Å². The first-order valence-corrected chi connectivity index (χ1v) is 7.02. The summed E-state index contributed by atoms with van der Waals surface area (Å²) in [6.45, 7) is 6.57. The van der Waals surface area contributed by atoms with Gasteiger partial charge in [-0.3, -0.25) is 10.1 Å². The molecule has 110 valence electrons. The Labute approximate surface area is 125 Å². The molecule has 1 atom stereocenters. The summed E-state index contributed by atoms with van der Waals surface area (Å²) >= 11 is 0. The standard InChI is InChI=1S/C17H20N2O2/c1-12-7-9-15(10-8-12)14(3)18-11-16-5-4-6-17(13(16)2)19(20)21/h4-10,14,18H,11H2,1-3H3/t14-/m1/s1. The van der Waals surface area contributed by atoms with Crippen molar-refractivity contribution in [2.45, 2.75) is 33.4 Å². The van der Waals surface area contributed by atoms with Crippen molar-refractivity contribution in [2.75, 3.05) is 0 Å². The summed E-state index contributed by atoms with van der Waals surface area (Å²) in [4.78, 5) is 10.6. The summed E-state index contributed by atoms with van der Waals surface area (Å²) < 4.78 is 0. The van der Waals surface area contributed by atoms with Gasteiger partial charge in [0.1, 0.15) is 0 Å². The first-order valence-electron chi connectivity index (χ1n) is 7.02. The Kier molecular flexibility index (Phi) is 4.70. The van der Waals surface area contributed by atoms with E-state index in [-0.39, 0.29) is 16.7 Å². The molecule has 21 heavy (non-hydrogen) atoms.